The van der Waals surface area contributed by atoms with Gasteiger partial charge in [-0.3, -0.25) is 20.4 Å². The molecule has 0 aromatic heterocycles. The minimum absolute atomic E-state index is 0.226. The van der Waals surface area contributed by atoms with Crippen molar-refractivity contribution < 1.29 is 19.1 Å². The normalized spacial score (nSPS) is 10.3. The van der Waals surface area contributed by atoms with Crippen molar-refractivity contribution in [2.75, 3.05) is 6.61 Å². The third-order valence-corrected chi connectivity index (χ3v) is 4.91. The summed E-state index contributed by atoms with van der Waals surface area (Å²) >= 11 is 3.43. The first kappa shape index (κ1) is 22.4. The van der Waals surface area contributed by atoms with E-state index in [4.69, 9.17) is 9.47 Å². The molecular weight excluding hydrogens is 460 g/mol. The molecular formula is C24H23BrN2O4. The number of aryl methyl sites for hydroxylation is 2. The highest BCUT2D eigenvalue weighted by Gasteiger charge is 2.14. The lowest BCUT2D eigenvalue weighted by molar-refractivity contribution is -0.123. The van der Waals surface area contributed by atoms with E-state index in [1.165, 1.54) is 0 Å². The molecule has 2 amide bonds. The molecule has 0 saturated carbocycles. The molecule has 3 aromatic carbocycles. The Labute approximate surface area is 189 Å². The molecule has 0 fully saturated rings. The Morgan fingerprint density at radius 3 is 2.23 bits per heavy atom. The SMILES string of the molecule is Cc1cc(Br)cc(C)c1OCC(=O)NNC(=O)c1ccccc1OCc1ccccc1. The molecule has 0 aliphatic rings. The average molecular weight is 483 g/mol. The number of halogens is 1. The number of carbonyl (C=O) groups is 2. The molecule has 3 rings (SSSR count). The standard InChI is InChI=1S/C24H23BrN2O4/c1-16-12-19(25)13-17(2)23(16)31-15-22(28)26-27-24(29)20-10-6-7-11-21(20)30-14-18-8-4-3-5-9-18/h3-13H,14-15H2,1-2H3,(H,26,28)(H,27,29). The number of hydrogen-bond donors (Lipinski definition) is 2. The van der Waals surface area contributed by atoms with Crippen molar-refractivity contribution in [2.24, 2.45) is 0 Å². The van der Waals surface area contributed by atoms with Gasteiger partial charge < -0.3 is 9.47 Å². The molecule has 2 N–H and O–H groups in total. The number of hydrazine groups is 1. The highest BCUT2D eigenvalue weighted by atomic mass is 79.9. The Hall–Kier alpha value is -3.32. The van der Waals surface area contributed by atoms with Crippen molar-refractivity contribution in [1.29, 1.82) is 0 Å². The van der Waals surface area contributed by atoms with Crippen LogP contribution in [0.2, 0.25) is 0 Å². The molecule has 0 aliphatic carbocycles. The quantitative estimate of drug-likeness (QED) is 0.486. The van der Waals surface area contributed by atoms with Gasteiger partial charge in [-0.2, -0.15) is 0 Å². The Balaban J connectivity index is 1.54. The summed E-state index contributed by atoms with van der Waals surface area (Å²) in [5.41, 5.74) is 7.91. The molecule has 0 heterocycles. The predicted octanol–water partition coefficient (Wildman–Crippen LogP) is 4.48. The van der Waals surface area contributed by atoms with E-state index in [-0.39, 0.29) is 6.61 Å². The number of nitrogens with one attached hydrogen (secondary N) is 2. The summed E-state index contributed by atoms with van der Waals surface area (Å²) in [5, 5.41) is 0. The van der Waals surface area contributed by atoms with E-state index in [1.807, 2.05) is 56.3 Å². The third-order valence-electron chi connectivity index (χ3n) is 4.46. The number of ether oxygens (including phenoxy) is 2. The summed E-state index contributed by atoms with van der Waals surface area (Å²) in [6.45, 7) is 3.91. The minimum Gasteiger partial charge on any atom is -0.488 e. The van der Waals surface area contributed by atoms with Gasteiger partial charge in [0.25, 0.3) is 11.8 Å². The highest BCUT2D eigenvalue weighted by molar-refractivity contribution is 9.10. The van der Waals surface area contributed by atoms with Crippen molar-refractivity contribution in [3.8, 4) is 11.5 Å². The maximum absolute atomic E-state index is 12.5. The van der Waals surface area contributed by atoms with Crippen LogP contribution >= 0.6 is 15.9 Å². The van der Waals surface area contributed by atoms with E-state index in [9.17, 15) is 9.59 Å². The molecule has 0 spiro atoms. The van der Waals surface area contributed by atoms with Crippen molar-refractivity contribution in [2.45, 2.75) is 20.5 Å². The molecule has 3 aromatic rings. The second-order valence-corrected chi connectivity index (χ2v) is 7.85. The fourth-order valence-corrected chi connectivity index (χ4v) is 3.69. The summed E-state index contributed by atoms with van der Waals surface area (Å²) in [6.07, 6.45) is 0. The van der Waals surface area contributed by atoms with Crippen LogP contribution in [0.15, 0.2) is 71.2 Å². The maximum Gasteiger partial charge on any atom is 0.276 e. The first-order chi connectivity index (χ1) is 14.9. The van der Waals surface area contributed by atoms with Gasteiger partial charge in [-0.15, -0.1) is 0 Å². The van der Waals surface area contributed by atoms with E-state index >= 15 is 0 Å². The minimum atomic E-state index is -0.479. The summed E-state index contributed by atoms with van der Waals surface area (Å²) < 4.78 is 12.4. The Morgan fingerprint density at radius 2 is 1.52 bits per heavy atom. The van der Waals surface area contributed by atoms with Crippen molar-refractivity contribution in [1.82, 2.24) is 10.9 Å². The first-order valence-corrected chi connectivity index (χ1v) is 10.5. The zero-order chi connectivity index (χ0) is 22.2. The molecule has 7 heteroatoms. The zero-order valence-corrected chi connectivity index (χ0v) is 18.9. The Bertz CT molecular complexity index is 1050. The van der Waals surface area contributed by atoms with Crippen LogP contribution in [0.1, 0.15) is 27.0 Å². The van der Waals surface area contributed by atoms with Gasteiger partial charge in [-0.1, -0.05) is 58.4 Å². The van der Waals surface area contributed by atoms with Gasteiger partial charge in [0.1, 0.15) is 18.1 Å². The van der Waals surface area contributed by atoms with Gasteiger partial charge in [0.15, 0.2) is 6.61 Å². The van der Waals surface area contributed by atoms with Crippen LogP contribution in [0.5, 0.6) is 11.5 Å². The third kappa shape index (κ3) is 6.33. The topological polar surface area (TPSA) is 76.7 Å². The van der Waals surface area contributed by atoms with Crippen molar-refractivity contribution in [3.63, 3.8) is 0 Å². The average Bonchev–Trinajstić information content (AvgIpc) is 2.76. The fourth-order valence-electron chi connectivity index (χ4n) is 3.01. The molecule has 0 atom stereocenters. The summed E-state index contributed by atoms with van der Waals surface area (Å²) in [6, 6.07) is 20.3. The molecule has 0 radical (unpaired) electrons. The number of rotatable bonds is 7. The summed E-state index contributed by atoms with van der Waals surface area (Å²) in [7, 11) is 0. The number of carbonyl (C=O) groups excluding carboxylic acids is 2. The van der Waals surface area contributed by atoms with Gasteiger partial charge in [-0.05, 0) is 54.8 Å². The van der Waals surface area contributed by atoms with Crippen molar-refractivity contribution >= 4 is 27.7 Å². The Morgan fingerprint density at radius 1 is 0.871 bits per heavy atom. The highest BCUT2D eigenvalue weighted by Crippen LogP contribution is 2.27. The van der Waals surface area contributed by atoms with Gasteiger partial charge in [0.05, 0.1) is 5.56 Å². The van der Waals surface area contributed by atoms with Gasteiger partial charge in [-0.25, -0.2) is 0 Å². The molecule has 0 saturated heterocycles. The van der Waals surface area contributed by atoms with Crippen LogP contribution in [0.4, 0.5) is 0 Å². The fraction of sp³-hybridized carbons (Fsp3) is 0.167. The van der Waals surface area contributed by atoms with E-state index < -0.39 is 11.8 Å². The predicted molar refractivity (Wildman–Crippen MR) is 122 cm³/mol. The van der Waals surface area contributed by atoms with Crippen LogP contribution in [0.3, 0.4) is 0 Å². The van der Waals surface area contributed by atoms with Crippen molar-refractivity contribution in [3.05, 3.63) is 93.5 Å². The van der Waals surface area contributed by atoms with Gasteiger partial charge in [0, 0.05) is 4.47 Å². The van der Waals surface area contributed by atoms with E-state index in [1.54, 1.807) is 24.3 Å². The summed E-state index contributed by atoms with van der Waals surface area (Å²) in [4.78, 5) is 24.7. The second-order valence-electron chi connectivity index (χ2n) is 6.93. The van der Waals surface area contributed by atoms with Crippen LogP contribution in [-0.4, -0.2) is 18.4 Å². The zero-order valence-electron chi connectivity index (χ0n) is 17.3. The summed E-state index contributed by atoms with van der Waals surface area (Å²) in [5.74, 6) is 0.116. The van der Waals surface area contributed by atoms with Crippen LogP contribution in [0.25, 0.3) is 0 Å². The van der Waals surface area contributed by atoms with E-state index in [0.29, 0.717) is 23.7 Å². The largest absolute Gasteiger partial charge is 0.488 e. The van der Waals surface area contributed by atoms with Crippen LogP contribution in [0, 0.1) is 13.8 Å². The molecule has 0 unspecified atom stereocenters. The molecule has 0 aliphatic heterocycles. The van der Waals surface area contributed by atoms with Crippen LogP contribution in [-0.2, 0) is 11.4 Å². The van der Waals surface area contributed by atoms with E-state index in [2.05, 4.69) is 26.8 Å². The number of para-hydroxylation sites is 1. The van der Waals surface area contributed by atoms with E-state index in [0.717, 1.165) is 21.2 Å². The lowest BCUT2D eigenvalue weighted by Gasteiger charge is -2.14. The monoisotopic (exact) mass is 482 g/mol. The van der Waals surface area contributed by atoms with Crippen LogP contribution < -0.4 is 20.3 Å². The maximum atomic E-state index is 12.5. The lowest BCUT2D eigenvalue weighted by atomic mass is 10.1. The Kier molecular flexibility index (Phi) is 7.67. The van der Waals surface area contributed by atoms with Gasteiger partial charge >= 0.3 is 0 Å². The van der Waals surface area contributed by atoms with Gasteiger partial charge in [0.2, 0.25) is 0 Å². The second kappa shape index (κ2) is 10.6. The first-order valence-electron chi connectivity index (χ1n) is 9.68. The molecule has 160 valence electrons. The molecule has 0 bridgehead atoms. The molecule has 6 nitrogen and oxygen atoms in total. The number of amides is 2. The molecule has 31 heavy (non-hydrogen) atoms. The number of hydrogen-bond acceptors (Lipinski definition) is 4. The lowest BCUT2D eigenvalue weighted by Crippen LogP contribution is -2.44. The smallest absolute Gasteiger partial charge is 0.276 e. The number of benzene rings is 3.